The largest absolute Gasteiger partial charge is 0.143 e. The normalized spacial score (nSPS) is 9.80. The van der Waals surface area contributed by atoms with Crippen LogP contribution in [0.4, 0.5) is 0 Å². The Morgan fingerprint density at radius 2 is 2.00 bits per heavy atom. The van der Waals surface area contributed by atoms with Crippen molar-refractivity contribution in [2.45, 2.75) is 24.7 Å². The van der Waals surface area contributed by atoms with E-state index in [1.807, 2.05) is 12.1 Å². The zero-order valence-corrected chi connectivity index (χ0v) is 7.07. The minimum atomic E-state index is 1.12. The highest BCUT2D eigenvalue weighted by molar-refractivity contribution is 7.80. The van der Waals surface area contributed by atoms with Crippen LogP contribution in [0.2, 0.25) is 0 Å². The van der Waals surface area contributed by atoms with Crippen molar-refractivity contribution in [3.05, 3.63) is 29.8 Å². The van der Waals surface area contributed by atoms with Crippen LogP contribution in [0.3, 0.4) is 0 Å². The molecule has 0 nitrogen and oxygen atoms in total. The molecule has 0 saturated heterocycles. The summed E-state index contributed by atoms with van der Waals surface area (Å²) in [6, 6.07) is 8.24. The zero-order valence-electron chi connectivity index (χ0n) is 6.17. The number of aryl methyl sites for hydroxylation is 1. The molecule has 1 aromatic carbocycles. The predicted octanol–water partition coefficient (Wildman–Crippen LogP) is 2.93. The fraction of sp³-hybridized carbons (Fsp3) is 0.333. The van der Waals surface area contributed by atoms with Crippen LogP contribution in [0.1, 0.15) is 18.9 Å². The summed E-state index contributed by atoms with van der Waals surface area (Å²) in [6.45, 7) is 2.18. The zero-order chi connectivity index (χ0) is 7.40. The van der Waals surface area contributed by atoms with Gasteiger partial charge >= 0.3 is 0 Å². The molecule has 0 aliphatic rings. The van der Waals surface area contributed by atoms with Crippen LogP contribution in [0.5, 0.6) is 0 Å². The van der Waals surface area contributed by atoms with E-state index in [9.17, 15) is 0 Å². The number of hydrogen-bond donors (Lipinski definition) is 1. The molecule has 0 amide bonds. The lowest BCUT2D eigenvalue weighted by Gasteiger charge is -2.00. The van der Waals surface area contributed by atoms with Crippen LogP contribution in [0, 0.1) is 0 Å². The third-order valence-electron chi connectivity index (χ3n) is 1.51. The number of thiol groups is 1. The van der Waals surface area contributed by atoms with Crippen molar-refractivity contribution in [2.24, 2.45) is 0 Å². The molecule has 0 saturated carbocycles. The fourth-order valence-electron chi connectivity index (χ4n) is 0.992. The number of rotatable bonds is 2. The van der Waals surface area contributed by atoms with E-state index in [0.29, 0.717) is 0 Å². The van der Waals surface area contributed by atoms with Gasteiger partial charge in [-0.1, -0.05) is 31.5 Å². The second-order valence-electron chi connectivity index (χ2n) is 2.38. The molecule has 0 aromatic heterocycles. The van der Waals surface area contributed by atoms with Crippen LogP contribution in [0.25, 0.3) is 0 Å². The number of benzene rings is 1. The van der Waals surface area contributed by atoms with Gasteiger partial charge in [-0.15, -0.1) is 12.6 Å². The second-order valence-corrected chi connectivity index (χ2v) is 2.86. The van der Waals surface area contributed by atoms with Gasteiger partial charge in [0, 0.05) is 4.90 Å². The lowest BCUT2D eigenvalue weighted by atomic mass is 10.1. The quantitative estimate of drug-likeness (QED) is 0.619. The fourth-order valence-corrected chi connectivity index (χ4v) is 1.26. The van der Waals surface area contributed by atoms with Gasteiger partial charge in [0.25, 0.3) is 0 Å². The monoisotopic (exact) mass is 152 g/mol. The van der Waals surface area contributed by atoms with Gasteiger partial charge in [0.1, 0.15) is 0 Å². The molecule has 0 fully saturated rings. The maximum atomic E-state index is 4.33. The Bertz CT molecular complexity index is 206. The molecule has 1 rings (SSSR count). The summed E-state index contributed by atoms with van der Waals surface area (Å²) >= 11 is 4.33. The van der Waals surface area contributed by atoms with Crippen molar-refractivity contribution in [3.8, 4) is 0 Å². The van der Waals surface area contributed by atoms with Crippen molar-refractivity contribution < 1.29 is 0 Å². The maximum absolute atomic E-state index is 4.33. The summed E-state index contributed by atoms with van der Waals surface area (Å²) in [4.78, 5) is 1.12. The molecule has 0 bridgehead atoms. The molecule has 10 heavy (non-hydrogen) atoms. The van der Waals surface area contributed by atoms with Gasteiger partial charge in [0.05, 0.1) is 0 Å². The summed E-state index contributed by atoms with van der Waals surface area (Å²) in [7, 11) is 0. The molecule has 0 aliphatic carbocycles. The van der Waals surface area contributed by atoms with Gasteiger partial charge in [-0.25, -0.2) is 0 Å². The SMILES string of the molecule is CCCc1ccccc1S. The van der Waals surface area contributed by atoms with E-state index in [2.05, 4.69) is 31.7 Å². The van der Waals surface area contributed by atoms with E-state index in [1.165, 1.54) is 12.0 Å². The molecule has 1 aromatic rings. The van der Waals surface area contributed by atoms with Crippen molar-refractivity contribution in [3.63, 3.8) is 0 Å². The Morgan fingerprint density at radius 3 is 2.60 bits per heavy atom. The van der Waals surface area contributed by atoms with E-state index < -0.39 is 0 Å². The van der Waals surface area contributed by atoms with Crippen LogP contribution < -0.4 is 0 Å². The van der Waals surface area contributed by atoms with E-state index >= 15 is 0 Å². The average molecular weight is 152 g/mol. The highest BCUT2D eigenvalue weighted by Gasteiger charge is 1.93. The van der Waals surface area contributed by atoms with Crippen LogP contribution in [-0.4, -0.2) is 0 Å². The van der Waals surface area contributed by atoms with Crippen LogP contribution in [0.15, 0.2) is 29.2 Å². The molecular weight excluding hydrogens is 140 g/mol. The van der Waals surface area contributed by atoms with Crippen LogP contribution in [-0.2, 0) is 6.42 Å². The highest BCUT2D eigenvalue weighted by Crippen LogP contribution is 2.13. The Hall–Kier alpha value is -0.430. The first-order chi connectivity index (χ1) is 4.84. The van der Waals surface area contributed by atoms with Gasteiger partial charge in [-0.3, -0.25) is 0 Å². The Morgan fingerprint density at radius 1 is 1.30 bits per heavy atom. The average Bonchev–Trinajstić information content (AvgIpc) is 1.94. The molecule has 0 radical (unpaired) electrons. The molecule has 0 unspecified atom stereocenters. The van der Waals surface area contributed by atoms with Crippen molar-refractivity contribution >= 4 is 12.6 Å². The predicted molar refractivity (Wildman–Crippen MR) is 47.7 cm³/mol. The molecule has 0 N–H and O–H groups in total. The van der Waals surface area contributed by atoms with Gasteiger partial charge < -0.3 is 0 Å². The van der Waals surface area contributed by atoms with E-state index in [1.54, 1.807) is 0 Å². The minimum Gasteiger partial charge on any atom is -0.143 e. The number of hydrogen-bond acceptors (Lipinski definition) is 1. The molecular formula is C9H12S. The third kappa shape index (κ3) is 1.77. The van der Waals surface area contributed by atoms with E-state index in [-0.39, 0.29) is 0 Å². The summed E-state index contributed by atoms with van der Waals surface area (Å²) in [5.41, 5.74) is 1.35. The standard InChI is InChI=1S/C9H12S/c1-2-5-8-6-3-4-7-9(8)10/h3-4,6-7,10H,2,5H2,1H3. The van der Waals surface area contributed by atoms with Crippen LogP contribution >= 0.6 is 12.6 Å². The topological polar surface area (TPSA) is 0 Å². The molecule has 0 atom stereocenters. The lowest BCUT2D eigenvalue weighted by Crippen LogP contribution is -1.83. The molecule has 0 aliphatic heterocycles. The third-order valence-corrected chi connectivity index (χ3v) is 1.95. The minimum absolute atomic E-state index is 1.12. The molecule has 0 heterocycles. The molecule has 54 valence electrons. The first-order valence-electron chi connectivity index (χ1n) is 3.61. The van der Waals surface area contributed by atoms with Gasteiger partial charge in [-0.05, 0) is 18.1 Å². The van der Waals surface area contributed by atoms with Crippen molar-refractivity contribution in [1.29, 1.82) is 0 Å². The van der Waals surface area contributed by atoms with Gasteiger partial charge in [-0.2, -0.15) is 0 Å². The first kappa shape index (κ1) is 7.67. The van der Waals surface area contributed by atoms with Gasteiger partial charge in [0.2, 0.25) is 0 Å². The first-order valence-corrected chi connectivity index (χ1v) is 4.06. The summed E-state index contributed by atoms with van der Waals surface area (Å²) < 4.78 is 0. The summed E-state index contributed by atoms with van der Waals surface area (Å²) in [5.74, 6) is 0. The van der Waals surface area contributed by atoms with Crippen molar-refractivity contribution in [1.82, 2.24) is 0 Å². The smallest absolute Gasteiger partial charge is 0.00720 e. The molecule has 1 heteroatoms. The summed E-state index contributed by atoms with van der Waals surface area (Å²) in [6.07, 6.45) is 2.33. The van der Waals surface area contributed by atoms with E-state index in [4.69, 9.17) is 0 Å². The Labute approximate surface area is 67.7 Å². The van der Waals surface area contributed by atoms with Gasteiger partial charge in [0.15, 0.2) is 0 Å². The molecule has 0 spiro atoms. The Kier molecular flexibility index (Phi) is 2.82. The maximum Gasteiger partial charge on any atom is 0.00720 e. The van der Waals surface area contributed by atoms with Crippen molar-refractivity contribution in [2.75, 3.05) is 0 Å². The highest BCUT2D eigenvalue weighted by atomic mass is 32.1. The second kappa shape index (κ2) is 3.67. The summed E-state index contributed by atoms with van der Waals surface area (Å²) in [5, 5.41) is 0. The van der Waals surface area contributed by atoms with E-state index in [0.717, 1.165) is 11.3 Å². The lowest BCUT2D eigenvalue weighted by molar-refractivity contribution is 0.901. The Balaban J connectivity index is 2.81.